The highest BCUT2D eigenvalue weighted by Gasteiger charge is 1.96. The van der Waals surface area contributed by atoms with Crippen LogP contribution in [-0.2, 0) is 0 Å². The molecule has 0 radical (unpaired) electrons. The Morgan fingerprint density at radius 2 is 1.29 bits per heavy atom. The first-order chi connectivity index (χ1) is 8.24. The number of benzene rings is 2. The summed E-state index contributed by atoms with van der Waals surface area (Å²) in [6, 6.07) is 15.3. The lowest BCUT2D eigenvalue weighted by Gasteiger charge is -2.02. The van der Waals surface area contributed by atoms with Gasteiger partial charge >= 0.3 is 0 Å². The fraction of sp³-hybridized carbons (Fsp3) is 0.176. The van der Waals surface area contributed by atoms with E-state index in [-0.39, 0.29) is 0 Å². The molecule has 0 fully saturated rings. The van der Waals surface area contributed by atoms with Crippen LogP contribution in [-0.4, -0.2) is 0 Å². The van der Waals surface area contributed by atoms with Crippen molar-refractivity contribution in [3.05, 3.63) is 58.5 Å². The Morgan fingerprint density at radius 1 is 0.706 bits per heavy atom. The van der Waals surface area contributed by atoms with Crippen molar-refractivity contribution < 1.29 is 0 Å². The number of hydrogen-bond acceptors (Lipinski definition) is 0. The van der Waals surface area contributed by atoms with E-state index in [9.17, 15) is 0 Å². The Balaban J connectivity index is 2.59. The molecule has 2 aromatic rings. The van der Waals surface area contributed by atoms with Gasteiger partial charge in [0.2, 0.25) is 0 Å². The molecule has 0 atom stereocenters. The standard InChI is InChI=1S/C17H18/c1-4-14-10-11-17(12-15(14)5-2)16-8-6-13(3)7-9-16/h4-12H,1-3H3/b14-4-,15-5-. The minimum atomic E-state index is 1.28. The van der Waals surface area contributed by atoms with E-state index in [1.807, 2.05) is 0 Å². The molecule has 0 N–H and O–H groups in total. The van der Waals surface area contributed by atoms with Gasteiger partial charge in [0.25, 0.3) is 0 Å². The summed E-state index contributed by atoms with van der Waals surface area (Å²) in [4.78, 5) is 0. The van der Waals surface area contributed by atoms with Gasteiger partial charge in [-0.2, -0.15) is 0 Å². The molecule has 86 valence electrons. The van der Waals surface area contributed by atoms with Gasteiger partial charge in [-0.05, 0) is 48.4 Å². The molecule has 0 aliphatic rings. The van der Waals surface area contributed by atoms with Gasteiger partial charge in [0.15, 0.2) is 0 Å². The van der Waals surface area contributed by atoms with Crippen LogP contribution in [0, 0.1) is 6.92 Å². The average molecular weight is 222 g/mol. The summed E-state index contributed by atoms with van der Waals surface area (Å²) < 4.78 is 0. The fourth-order valence-corrected chi connectivity index (χ4v) is 2.01. The highest BCUT2D eigenvalue weighted by molar-refractivity contribution is 5.64. The lowest BCUT2D eigenvalue weighted by Crippen LogP contribution is -2.23. The molecule has 0 aliphatic carbocycles. The molecule has 0 bridgehead atoms. The van der Waals surface area contributed by atoms with Gasteiger partial charge in [0.05, 0.1) is 0 Å². The smallest absolute Gasteiger partial charge is 0.0178 e. The second kappa shape index (κ2) is 5.01. The van der Waals surface area contributed by atoms with E-state index in [1.165, 1.54) is 27.1 Å². The molecule has 0 aliphatic heterocycles. The second-order valence-electron chi connectivity index (χ2n) is 4.29. The van der Waals surface area contributed by atoms with E-state index in [4.69, 9.17) is 0 Å². The summed E-state index contributed by atoms with van der Waals surface area (Å²) in [6.07, 6.45) is 4.31. The maximum atomic E-state index is 2.25. The molecule has 2 aromatic carbocycles. The highest BCUT2D eigenvalue weighted by atomic mass is 14.0. The van der Waals surface area contributed by atoms with Gasteiger partial charge in [0.1, 0.15) is 0 Å². The third kappa shape index (κ3) is 2.47. The van der Waals surface area contributed by atoms with Gasteiger partial charge in [0, 0.05) is 0 Å². The molecule has 0 saturated heterocycles. The fourth-order valence-electron chi connectivity index (χ4n) is 2.01. The quantitative estimate of drug-likeness (QED) is 0.694. The predicted molar refractivity (Wildman–Crippen MR) is 76.1 cm³/mol. The van der Waals surface area contributed by atoms with Gasteiger partial charge in [-0.1, -0.05) is 54.1 Å². The summed E-state index contributed by atoms with van der Waals surface area (Å²) in [5, 5.41) is 2.59. The van der Waals surface area contributed by atoms with Crippen molar-refractivity contribution in [1.29, 1.82) is 0 Å². The van der Waals surface area contributed by atoms with Crippen molar-refractivity contribution in [2.24, 2.45) is 0 Å². The molecule has 17 heavy (non-hydrogen) atoms. The second-order valence-corrected chi connectivity index (χ2v) is 4.29. The van der Waals surface area contributed by atoms with Crippen LogP contribution < -0.4 is 10.4 Å². The topological polar surface area (TPSA) is 0 Å². The highest BCUT2D eigenvalue weighted by Crippen LogP contribution is 2.17. The van der Waals surface area contributed by atoms with E-state index in [1.54, 1.807) is 0 Å². The molecular weight excluding hydrogens is 204 g/mol. The van der Waals surface area contributed by atoms with Crippen LogP contribution >= 0.6 is 0 Å². The van der Waals surface area contributed by atoms with Crippen molar-refractivity contribution in [3.8, 4) is 11.1 Å². The van der Waals surface area contributed by atoms with E-state index >= 15 is 0 Å². The van der Waals surface area contributed by atoms with Crippen molar-refractivity contribution >= 4 is 12.2 Å². The van der Waals surface area contributed by atoms with Gasteiger partial charge in [-0.15, -0.1) is 0 Å². The Bertz CT molecular complexity index is 616. The van der Waals surface area contributed by atoms with Crippen molar-refractivity contribution in [2.75, 3.05) is 0 Å². The van der Waals surface area contributed by atoms with E-state index in [0.29, 0.717) is 0 Å². The number of aryl methyl sites for hydroxylation is 1. The Morgan fingerprint density at radius 3 is 1.88 bits per heavy atom. The zero-order valence-electron chi connectivity index (χ0n) is 10.7. The maximum Gasteiger partial charge on any atom is -0.0178 e. The molecule has 0 amide bonds. The largest absolute Gasteiger partial charge is 0.0798 e. The van der Waals surface area contributed by atoms with E-state index in [0.717, 1.165) is 0 Å². The average Bonchev–Trinajstić information content (AvgIpc) is 2.39. The van der Waals surface area contributed by atoms with Gasteiger partial charge < -0.3 is 0 Å². The van der Waals surface area contributed by atoms with Crippen LogP contribution in [0.4, 0.5) is 0 Å². The lowest BCUT2D eigenvalue weighted by molar-refractivity contribution is 1.45. The lowest BCUT2D eigenvalue weighted by atomic mass is 10.0. The minimum absolute atomic E-state index is 1.28. The molecule has 0 spiro atoms. The zero-order chi connectivity index (χ0) is 12.3. The van der Waals surface area contributed by atoms with Crippen molar-refractivity contribution in [1.82, 2.24) is 0 Å². The van der Waals surface area contributed by atoms with Crippen molar-refractivity contribution in [2.45, 2.75) is 20.8 Å². The summed E-state index contributed by atoms with van der Waals surface area (Å²) in [5.74, 6) is 0. The molecule has 0 heteroatoms. The Kier molecular flexibility index (Phi) is 3.43. The summed E-state index contributed by atoms with van der Waals surface area (Å²) in [7, 11) is 0. The normalized spacial score (nSPS) is 13.1. The molecule has 0 nitrogen and oxygen atoms in total. The first-order valence-corrected chi connectivity index (χ1v) is 6.04. The molecule has 2 rings (SSSR count). The van der Waals surface area contributed by atoms with Crippen molar-refractivity contribution in [3.63, 3.8) is 0 Å². The molecular formula is C17H18. The number of hydrogen-bond donors (Lipinski definition) is 0. The molecule has 0 heterocycles. The molecule has 0 saturated carbocycles. The summed E-state index contributed by atoms with van der Waals surface area (Å²) >= 11 is 0. The Labute approximate surface area is 103 Å². The van der Waals surface area contributed by atoms with Gasteiger partial charge in [-0.25, -0.2) is 0 Å². The van der Waals surface area contributed by atoms with Gasteiger partial charge in [-0.3, -0.25) is 0 Å². The third-order valence-electron chi connectivity index (χ3n) is 3.09. The van der Waals surface area contributed by atoms with E-state index in [2.05, 4.69) is 75.4 Å². The zero-order valence-corrected chi connectivity index (χ0v) is 10.7. The summed E-state index contributed by atoms with van der Waals surface area (Å²) in [6.45, 7) is 6.28. The van der Waals surface area contributed by atoms with Crippen LogP contribution in [0.3, 0.4) is 0 Å². The third-order valence-corrected chi connectivity index (χ3v) is 3.09. The first kappa shape index (κ1) is 11.7. The SMILES string of the molecule is C/C=c1/ccc(-c2ccc(C)cc2)c/c1=C/C. The van der Waals surface area contributed by atoms with Crippen LogP contribution in [0.25, 0.3) is 23.3 Å². The number of rotatable bonds is 1. The van der Waals surface area contributed by atoms with Crippen LogP contribution in [0.2, 0.25) is 0 Å². The molecule has 0 unspecified atom stereocenters. The molecule has 0 aromatic heterocycles. The van der Waals surface area contributed by atoms with Crippen LogP contribution in [0.1, 0.15) is 19.4 Å². The summed E-state index contributed by atoms with van der Waals surface area (Å²) in [5.41, 5.74) is 3.86. The minimum Gasteiger partial charge on any atom is -0.0798 e. The first-order valence-electron chi connectivity index (χ1n) is 6.04. The van der Waals surface area contributed by atoms with E-state index < -0.39 is 0 Å². The predicted octanol–water partition coefficient (Wildman–Crippen LogP) is 3.26. The van der Waals surface area contributed by atoms with Crippen LogP contribution in [0.15, 0.2) is 42.5 Å². The van der Waals surface area contributed by atoms with Crippen LogP contribution in [0.5, 0.6) is 0 Å². The monoisotopic (exact) mass is 222 g/mol. The maximum absolute atomic E-state index is 2.25. The Hall–Kier alpha value is -1.82.